The van der Waals surface area contributed by atoms with Gasteiger partial charge in [-0.05, 0) is 50.1 Å². The molecule has 2 aromatic rings. The highest BCUT2D eigenvalue weighted by molar-refractivity contribution is 9.11. The molecule has 0 saturated carbocycles. The number of rotatable bonds is 4. The molecule has 0 aromatic heterocycles. The Morgan fingerprint density at radius 2 is 1.74 bits per heavy atom. The Hall–Kier alpha value is -1.20. The van der Waals surface area contributed by atoms with E-state index in [1.807, 2.05) is 30.3 Å². The van der Waals surface area contributed by atoms with Crippen LogP contribution in [0.5, 0.6) is 11.5 Å². The summed E-state index contributed by atoms with van der Waals surface area (Å²) in [6.07, 6.45) is 0. The third-order valence-electron chi connectivity index (χ3n) is 2.72. The highest BCUT2D eigenvalue weighted by Crippen LogP contribution is 2.33. The van der Waals surface area contributed by atoms with Crippen molar-refractivity contribution in [3.8, 4) is 11.5 Å². The van der Waals surface area contributed by atoms with Crippen molar-refractivity contribution in [2.75, 3.05) is 12.4 Å². The van der Waals surface area contributed by atoms with Crippen molar-refractivity contribution in [3.63, 3.8) is 0 Å². The van der Waals surface area contributed by atoms with Crippen LogP contribution in [0, 0.1) is 0 Å². The van der Waals surface area contributed by atoms with Gasteiger partial charge >= 0.3 is 0 Å². The van der Waals surface area contributed by atoms with Crippen LogP contribution in [0.4, 0.5) is 5.69 Å². The van der Waals surface area contributed by atoms with Crippen molar-refractivity contribution in [1.82, 2.24) is 0 Å². The van der Waals surface area contributed by atoms with Gasteiger partial charge in [0.15, 0.2) is 11.5 Å². The van der Waals surface area contributed by atoms with E-state index in [1.54, 1.807) is 6.07 Å². The summed E-state index contributed by atoms with van der Waals surface area (Å²) in [5.41, 5.74) is 1.73. The van der Waals surface area contributed by atoms with E-state index in [2.05, 4.69) is 37.2 Å². The number of ether oxygens (including phenoxy) is 1. The molecule has 5 heteroatoms. The van der Waals surface area contributed by atoms with Crippen LogP contribution in [-0.4, -0.2) is 12.2 Å². The number of benzene rings is 2. The van der Waals surface area contributed by atoms with E-state index in [1.165, 1.54) is 7.11 Å². The number of phenols is 1. The summed E-state index contributed by atoms with van der Waals surface area (Å²) >= 11 is 6.98. The molecule has 2 rings (SSSR count). The highest BCUT2D eigenvalue weighted by atomic mass is 79.9. The molecule has 0 amide bonds. The smallest absolute Gasteiger partial charge is 0.162 e. The van der Waals surface area contributed by atoms with Crippen molar-refractivity contribution in [3.05, 3.63) is 50.9 Å². The lowest BCUT2D eigenvalue weighted by atomic mass is 10.2. The minimum absolute atomic E-state index is 0.167. The number of hydrogen-bond acceptors (Lipinski definition) is 3. The topological polar surface area (TPSA) is 41.5 Å². The zero-order valence-electron chi connectivity index (χ0n) is 10.3. The number of anilines is 1. The number of nitrogens with one attached hydrogen (secondary N) is 1. The highest BCUT2D eigenvalue weighted by Gasteiger charge is 2.09. The average molecular weight is 387 g/mol. The zero-order chi connectivity index (χ0) is 13.8. The maximum absolute atomic E-state index is 10.0. The lowest BCUT2D eigenvalue weighted by Gasteiger charge is -2.13. The third-order valence-corrected chi connectivity index (χ3v) is 4.04. The van der Waals surface area contributed by atoms with Crippen molar-refractivity contribution >= 4 is 37.5 Å². The molecule has 0 radical (unpaired) electrons. The Bertz CT molecular complexity index is 567. The third kappa shape index (κ3) is 3.22. The van der Waals surface area contributed by atoms with Gasteiger partial charge in [-0.2, -0.15) is 0 Å². The molecule has 0 saturated heterocycles. The fourth-order valence-electron chi connectivity index (χ4n) is 1.73. The van der Waals surface area contributed by atoms with E-state index in [4.69, 9.17) is 4.74 Å². The Morgan fingerprint density at radius 3 is 2.37 bits per heavy atom. The van der Waals surface area contributed by atoms with Crippen LogP contribution in [0.3, 0.4) is 0 Å². The molecular weight excluding hydrogens is 374 g/mol. The van der Waals surface area contributed by atoms with E-state index in [0.29, 0.717) is 12.3 Å². The van der Waals surface area contributed by atoms with Crippen LogP contribution < -0.4 is 10.1 Å². The molecule has 0 aliphatic heterocycles. The van der Waals surface area contributed by atoms with Gasteiger partial charge in [-0.25, -0.2) is 0 Å². The predicted molar refractivity (Wildman–Crippen MR) is 83.8 cm³/mol. The molecule has 0 aliphatic rings. The number of aromatic hydroxyl groups is 1. The summed E-state index contributed by atoms with van der Waals surface area (Å²) in [6, 6.07) is 11.3. The molecule has 0 bridgehead atoms. The lowest BCUT2D eigenvalue weighted by molar-refractivity contribution is 0.371. The fraction of sp³-hybridized carbons (Fsp3) is 0.143. The standard InChI is InChI=1S/C14H13Br2NO2/c1-19-12-7-2-4-9(14(12)18)8-17-13-10(15)5-3-6-11(13)16/h2-7,17-18H,8H2,1H3. The van der Waals surface area contributed by atoms with E-state index in [-0.39, 0.29) is 5.75 Å². The Kier molecular flexibility index (Phi) is 4.71. The largest absolute Gasteiger partial charge is 0.504 e. The average Bonchev–Trinajstić information content (AvgIpc) is 2.40. The van der Waals surface area contributed by atoms with Crippen molar-refractivity contribution < 1.29 is 9.84 Å². The van der Waals surface area contributed by atoms with E-state index in [0.717, 1.165) is 20.2 Å². The molecule has 19 heavy (non-hydrogen) atoms. The van der Waals surface area contributed by atoms with Crippen LogP contribution in [0.25, 0.3) is 0 Å². The van der Waals surface area contributed by atoms with Crippen molar-refractivity contribution in [2.45, 2.75) is 6.54 Å². The monoisotopic (exact) mass is 385 g/mol. The fourth-order valence-corrected chi connectivity index (χ4v) is 3.00. The minimum Gasteiger partial charge on any atom is -0.504 e. The lowest BCUT2D eigenvalue weighted by Crippen LogP contribution is -2.01. The van der Waals surface area contributed by atoms with E-state index >= 15 is 0 Å². The van der Waals surface area contributed by atoms with Gasteiger partial charge in [0.1, 0.15) is 0 Å². The predicted octanol–water partition coefficient (Wildman–Crippen LogP) is 4.54. The molecule has 2 N–H and O–H groups in total. The van der Waals surface area contributed by atoms with Crippen molar-refractivity contribution in [1.29, 1.82) is 0 Å². The summed E-state index contributed by atoms with van der Waals surface area (Å²) in [5.74, 6) is 0.645. The molecule has 100 valence electrons. The Balaban J connectivity index is 2.19. The van der Waals surface area contributed by atoms with Crippen LogP contribution in [0.15, 0.2) is 45.3 Å². The molecule has 2 aromatic carbocycles. The second-order valence-electron chi connectivity index (χ2n) is 3.92. The quantitative estimate of drug-likeness (QED) is 0.810. The van der Waals surface area contributed by atoms with E-state index in [9.17, 15) is 5.11 Å². The molecule has 0 spiro atoms. The first kappa shape index (κ1) is 14.2. The number of para-hydroxylation sites is 2. The maximum atomic E-state index is 10.0. The van der Waals surface area contributed by atoms with Crippen LogP contribution in [0.2, 0.25) is 0 Å². The number of hydrogen-bond donors (Lipinski definition) is 2. The summed E-state index contributed by atoms with van der Waals surface area (Å²) in [5, 5.41) is 13.3. The molecule has 0 heterocycles. The van der Waals surface area contributed by atoms with Gasteiger partial charge in [0.2, 0.25) is 0 Å². The van der Waals surface area contributed by atoms with Gasteiger partial charge in [0.25, 0.3) is 0 Å². The minimum atomic E-state index is 0.167. The van der Waals surface area contributed by atoms with Gasteiger partial charge in [-0.3, -0.25) is 0 Å². The molecule has 3 nitrogen and oxygen atoms in total. The number of halogens is 2. The van der Waals surface area contributed by atoms with Gasteiger partial charge < -0.3 is 15.2 Å². The van der Waals surface area contributed by atoms with Gasteiger partial charge in [0.05, 0.1) is 12.8 Å². The first-order valence-electron chi connectivity index (χ1n) is 5.66. The first-order valence-corrected chi connectivity index (χ1v) is 7.25. The molecule has 0 aliphatic carbocycles. The summed E-state index contributed by atoms with van der Waals surface area (Å²) in [7, 11) is 1.54. The summed E-state index contributed by atoms with van der Waals surface area (Å²) in [6.45, 7) is 0.504. The van der Waals surface area contributed by atoms with Gasteiger partial charge in [-0.15, -0.1) is 0 Å². The summed E-state index contributed by atoms with van der Waals surface area (Å²) < 4.78 is 7.01. The normalized spacial score (nSPS) is 10.3. The summed E-state index contributed by atoms with van der Waals surface area (Å²) in [4.78, 5) is 0. The zero-order valence-corrected chi connectivity index (χ0v) is 13.5. The SMILES string of the molecule is COc1cccc(CNc2c(Br)cccc2Br)c1O. The maximum Gasteiger partial charge on any atom is 0.162 e. The first-order chi connectivity index (χ1) is 9.13. The molecule has 0 fully saturated rings. The van der Waals surface area contributed by atoms with E-state index < -0.39 is 0 Å². The van der Waals surface area contributed by atoms with Crippen LogP contribution >= 0.6 is 31.9 Å². The second-order valence-corrected chi connectivity index (χ2v) is 5.63. The molecule has 0 unspecified atom stereocenters. The number of methoxy groups -OCH3 is 1. The Morgan fingerprint density at radius 1 is 1.11 bits per heavy atom. The van der Waals surface area contributed by atoms with Crippen molar-refractivity contribution in [2.24, 2.45) is 0 Å². The Labute approximate surface area is 128 Å². The van der Waals surface area contributed by atoms with Crippen LogP contribution in [-0.2, 0) is 6.54 Å². The van der Waals surface area contributed by atoms with Gasteiger partial charge in [-0.1, -0.05) is 18.2 Å². The number of phenolic OH excluding ortho intramolecular Hbond substituents is 1. The van der Waals surface area contributed by atoms with Gasteiger partial charge in [0, 0.05) is 21.1 Å². The van der Waals surface area contributed by atoms with Crippen LogP contribution in [0.1, 0.15) is 5.56 Å². The molecule has 0 atom stereocenters. The molecular formula is C14H13Br2NO2. The second kappa shape index (κ2) is 6.30.